The fourth-order valence-electron chi connectivity index (χ4n) is 3.27. The van der Waals surface area contributed by atoms with Crippen molar-refractivity contribution >= 4 is 16.8 Å². The van der Waals surface area contributed by atoms with E-state index in [0.717, 1.165) is 40.8 Å². The van der Waals surface area contributed by atoms with Crippen LogP contribution in [0.2, 0.25) is 0 Å². The number of aliphatic hydroxyl groups is 1. The van der Waals surface area contributed by atoms with Gasteiger partial charge >= 0.3 is 0 Å². The fraction of sp³-hybridized carbons (Fsp3) is 0.318. The maximum atomic E-state index is 10.0. The molecule has 1 aliphatic carbocycles. The van der Waals surface area contributed by atoms with Gasteiger partial charge in [0.05, 0.1) is 17.1 Å². The quantitative estimate of drug-likeness (QED) is 0.276. The third-order valence-electron chi connectivity index (χ3n) is 4.39. The molecular formula is C22H23IrN2O3-. The number of allylic oxidation sites excluding steroid dienone is 2. The number of aromatic nitrogens is 2. The van der Waals surface area contributed by atoms with Gasteiger partial charge in [-0.25, -0.2) is 0 Å². The van der Waals surface area contributed by atoms with Gasteiger partial charge in [-0.15, -0.1) is 0 Å². The van der Waals surface area contributed by atoms with Gasteiger partial charge in [-0.05, 0) is 75.1 Å². The molecule has 149 valence electrons. The standard InChI is InChI=1S/C17H15N2O.C5H8O2.Ir/c1-11-6-7-19-15(8-11)14-10-18-9-13-12-4-2-3-5-16(12)20-17(13)14;1-4(6)3-5(2)7;/h6-9H,2-5H2,1H3;3,6H,1-2H3;/q-1;;/b;4-3-;. The normalized spacial score (nSPS) is 13.2. The van der Waals surface area contributed by atoms with Gasteiger partial charge in [0.25, 0.3) is 0 Å². The van der Waals surface area contributed by atoms with E-state index >= 15 is 0 Å². The van der Waals surface area contributed by atoms with Crippen LogP contribution in [0, 0.1) is 13.1 Å². The second kappa shape index (κ2) is 9.76. The zero-order chi connectivity index (χ0) is 19.4. The monoisotopic (exact) mass is 556 g/mol. The number of aryl methyl sites for hydroxylation is 3. The molecule has 1 radical (unpaired) electrons. The van der Waals surface area contributed by atoms with E-state index in [1.165, 1.54) is 43.9 Å². The zero-order valence-corrected chi connectivity index (χ0v) is 18.6. The van der Waals surface area contributed by atoms with Crippen molar-refractivity contribution in [3.8, 4) is 11.3 Å². The first kappa shape index (κ1) is 22.0. The second-order valence-corrected chi connectivity index (χ2v) is 6.81. The minimum Gasteiger partial charge on any atom is -0.512 e. The molecular weight excluding hydrogens is 532 g/mol. The Kier molecular flexibility index (Phi) is 7.67. The molecule has 3 aromatic rings. The number of ketones is 1. The molecule has 0 amide bonds. The van der Waals surface area contributed by atoms with Crippen molar-refractivity contribution in [1.82, 2.24) is 9.97 Å². The third-order valence-corrected chi connectivity index (χ3v) is 4.39. The molecule has 3 heterocycles. The van der Waals surface area contributed by atoms with E-state index in [-0.39, 0.29) is 31.6 Å². The van der Waals surface area contributed by atoms with Crippen molar-refractivity contribution in [2.45, 2.75) is 46.5 Å². The van der Waals surface area contributed by atoms with Crippen LogP contribution in [0.5, 0.6) is 0 Å². The number of rotatable bonds is 2. The number of furan rings is 1. The van der Waals surface area contributed by atoms with Gasteiger partial charge in [0.1, 0.15) is 0 Å². The topological polar surface area (TPSA) is 76.2 Å². The van der Waals surface area contributed by atoms with Crippen LogP contribution in [0.1, 0.15) is 43.6 Å². The molecule has 0 bridgehead atoms. The number of nitrogens with zero attached hydrogens (tertiary/aromatic N) is 2. The van der Waals surface area contributed by atoms with E-state index < -0.39 is 0 Å². The number of carbonyl (C=O) groups is 1. The van der Waals surface area contributed by atoms with Crippen LogP contribution < -0.4 is 0 Å². The Bertz CT molecular complexity index is 1000. The summed E-state index contributed by atoms with van der Waals surface area (Å²) in [6.45, 7) is 4.91. The summed E-state index contributed by atoms with van der Waals surface area (Å²) >= 11 is 0. The largest absolute Gasteiger partial charge is 0.512 e. The summed E-state index contributed by atoms with van der Waals surface area (Å²) in [4.78, 5) is 18.7. The van der Waals surface area contributed by atoms with Crippen molar-refractivity contribution in [2.75, 3.05) is 0 Å². The molecule has 5 nitrogen and oxygen atoms in total. The van der Waals surface area contributed by atoms with Crippen molar-refractivity contribution in [1.29, 1.82) is 0 Å². The minimum atomic E-state index is -0.125. The van der Waals surface area contributed by atoms with Crippen molar-refractivity contribution in [3.05, 3.63) is 59.4 Å². The molecule has 0 unspecified atom stereocenters. The van der Waals surface area contributed by atoms with E-state index in [0.29, 0.717) is 0 Å². The molecule has 28 heavy (non-hydrogen) atoms. The molecule has 0 spiro atoms. The van der Waals surface area contributed by atoms with Crippen LogP contribution >= 0.6 is 0 Å². The van der Waals surface area contributed by atoms with Gasteiger partial charge in [-0.2, -0.15) is 0 Å². The van der Waals surface area contributed by atoms with Gasteiger partial charge in [0, 0.05) is 38.8 Å². The van der Waals surface area contributed by atoms with Crippen LogP contribution in [-0.2, 0) is 37.7 Å². The van der Waals surface area contributed by atoms with Gasteiger partial charge in [0.2, 0.25) is 0 Å². The van der Waals surface area contributed by atoms with E-state index in [9.17, 15) is 4.79 Å². The summed E-state index contributed by atoms with van der Waals surface area (Å²) in [5, 5.41) is 9.50. The number of hydrogen-bond donors (Lipinski definition) is 1. The Balaban J connectivity index is 0.000000306. The third kappa shape index (κ3) is 5.15. The van der Waals surface area contributed by atoms with E-state index in [1.54, 1.807) is 0 Å². The Morgan fingerprint density at radius 2 is 2.04 bits per heavy atom. The number of pyridine rings is 2. The van der Waals surface area contributed by atoms with E-state index in [1.807, 2.05) is 18.5 Å². The average molecular weight is 556 g/mol. The number of carbonyl (C=O) groups excluding carboxylic acids is 1. The first-order valence-electron chi connectivity index (χ1n) is 9.07. The molecule has 0 aliphatic heterocycles. The van der Waals surface area contributed by atoms with Gasteiger partial charge in [-0.1, -0.05) is 17.2 Å². The van der Waals surface area contributed by atoms with Crippen LogP contribution in [-0.4, -0.2) is 20.9 Å². The second-order valence-electron chi connectivity index (χ2n) is 6.81. The minimum absolute atomic E-state index is 0. The summed E-state index contributed by atoms with van der Waals surface area (Å²) in [6, 6.07) is 4.04. The number of hydrogen-bond acceptors (Lipinski definition) is 5. The summed E-state index contributed by atoms with van der Waals surface area (Å²) < 4.78 is 6.10. The molecule has 0 atom stereocenters. The van der Waals surface area contributed by atoms with Crippen LogP contribution in [0.25, 0.3) is 22.2 Å². The number of fused-ring (bicyclic) bond motifs is 3. The molecule has 6 heteroatoms. The predicted octanol–water partition coefficient (Wildman–Crippen LogP) is 4.91. The number of aliphatic hydroxyl groups excluding tert-OH is 1. The van der Waals surface area contributed by atoms with E-state index in [2.05, 4.69) is 29.2 Å². The summed E-state index contributed by atoms with van der Waals surface area (Å²) in [5.74, 6) is 1.06. The first-order chi connectivity index (χ1) is 13.0. The molecule has 0 saturated carbocycles. The SMILES string of the molecule is CC(=O)/C=C(/C)O.Cc1ccnc(-c2[c-]ncc3c4c(oc23)CCCC4)c1.[Ir]. The maximum absolute atomic E-state index is 10.0. The van der Waals surface area contributed by atoms with Crippen molar-refractivity contribution in [3.63, 3.8) is 0 Å². The van der Waals surface area contributed by atoms with Gasteiger partial charge in [-0.3, -0.25) is 4.79 Å². The van der Waals surface area contributed by atoms with Crippen LogP contribution in [0.4, 0.5) is 0 Å². The maximum Gasteiger partial charge on any atom is 0.155 e. The summed E-state index contributed by atoms with van der Waals surface area (Å²) in [5.41, 5.74) is 5.16. The first-order valence-corrected chi connectivity index (χ1v) is 9.07. The van der Waals surface area contributed by atoms with Crippen molar-refractivity contribution in [2.24, 2.45) is 0 Å². The Labute approximate surface area is 178 Å². The predicted molar refractivity (Wildman–Crippen MR) is 105 cm³/mol. The summed E-state index contributed by atoms with van der Waals surface area (Å²) in [6.07, 6.45) is 12.5. The Morgan fingerprint density at radius 3 is 2.68 bits per heavy atom. The molecule has 0 aromatic carbocycles. The zero-order valence-electron chi connectivity index (χ0n) is 16.2. The Morgan fingerprint density at radius 1 is 1.29 bits per heavy atom. The van der Waals surface area contributed by atoms with E-state index in [4.69, 9.17) is 9.52 Å². The van der Waals surface area contributed by atoms with Gasteiger partial charge in [0.15, 0.2) is 5.78 Å². The fourth-order valence-corrected chi connectivity index (χ4v) is 3.27. The molecule has 1 N–H and O–H groups in total. The average Bonchev–Trinajstić information content (AvgIpc) is 3.00. The van der Waals surface area contributed by atoms with Crippen LogP contribution in [0.15, 0.2) is 40.8 Å². The Hall–Kier alpha value is -2.30. The van der Waals surface area contributed by atoms with Gasteiger partial charge < -0.3 is 19.5 Å². The van der Waals surface area contributed by atoms with Crippen LogP contribution in [0.3, 0.4) is 0 Å². The molecule has 3 aromatic heterocycles. The van der Waals surface area contributed by atoms with Crippen molar-refractivity contribution < 1.29 is 34.4 Å². The molecule has 4 rings (SSSR count). The molecule has 1 aliphatic rings. The summed E-state index contributed by atoms with van der Waals surface area (Å²) in [7, 11) is 0. The molecule has 0 saturated heterocycles. The smallest absolute Gasteiger partial charge is 0.155 e. The molecule has 0 fully saturated rings.